The van der Waals surface area contributed by atoms with Gasteiger partial charge in [0.25, 0.3) is 0 Å². The molecule has 33 heavy (non-hydrogen) atoms. The van der Waals surface area contributed by atoms with Crippen LogP contribution in [-0.2, 0) is 24.4 Å². The number of hydrogen-bond donors (Lipinski definition) is 5. The Labute approximate surface area is 192 Å². The molecule has 13 heteroatoms. The lowest BCUT2D eigenvalue weighted by Gasteiger charge is -2.25. The van der Waals surface area contributed by atoms with Crippen molar-refractivity contribution in [2.24, 2.45) is 16.5 Å². The van der Waals surface area contributed by atoms with Crippen molar-refractivity contribution < 1.29 is 27.9 Å². The smallest absolute Gasteiger partial charge is 0.326 e. The van der Waals surface area contributed by atoms with E-state index in [1.54, 1.807) is 12.1 Å². The molecule has 1 aromatic carbocycles. The normalized spacial score (nSPS) is 16.8. The molecule has 2 amide bonds. The molecule has 0 aromatic heterocycles. The highest BCUT2D eigenvalue weighted by Gasteiger charge is 2.36. The number of hydrogen-bond acceptors (Lipinski definition) is 6. The molecule has 0 unspecified atom stereocenters. The molecule has 7 N–H and O–H groups in total. The first kappa shape index (κ1) is 26.1. The summed E-state index contributed by atoms with van der Waals surface area (Å²) < 4.78 is 27.1. The minimum Gasteiger partial charge on any atom is -0.480 e. The van der Waals surface area contributed by atoms with Gasteiger partial charge in [0.05, 0.1) is 11.4 Å². The third kappa shape index (κ3) is 7.71. The van der Waals surface area contributed by atoms with Crippen molar-refractivity contribution in [3.8, 4) is 0 Å². The zero-order valence-electron chi connectivity index (χ0n) is 18.4. The van der Waals surface area contributed by atoms with Crippen LogP contribution in [0, 0.1) is 6.92 Å². The quantitative estimate of drug-likeness (QED) is 0.148. The van der Waals surface area contributed by atoms with Crippen molar-refractivity contribution >= 4 is 33.8 Å². The average molecular weight is 483 g/mol. The van der Waals surface area contributed by atoms with E-state index in [0.717, 1.165) is 5.56 Å². The van der Waals surface area contributed by atoms with Crippen molar-refractivity contribution in [3.63, 3.8) is 0 Å². The van der Waals surface area contributed by atoms with Crippen LogP contribution in [0.15, 0.2) is 34.2 Å². The number of rotatable bonds is 11. The van der Waals surface area contributed by atoms with Gasteiger partial charge in [-0.05, 0) is 44.7 Å². The van der Waals surface area contributed by atoms with E-state index in [1.165, 1.54) is 17.0 Å². The number of nitrogens with two attached hydrogens (primary N) is 2. The summed E-state index contributed by atoms with van der Waals surface area (Å²) in [4.78, 5) is 41.9. The van der Waals surface area contributed by atoms with E-state index in [0.29, 0.717) is 19.3 Å². The van der Waals surface area contributed by atoms with Gasteiger partial charge in [-0.1, -0.05) is 17.7 Å². The second-order valence-electron chi connectivity index (χ2n) is 7.73. The molecule has 0 bridgehead atoms. The molecule has 0 spiro atoms. The van der Waals surface area contributed by atoms with Crippen LogP contribution in [0.2, 0.25) is 0 Å². The maximum absolute atomic E-state index is 12.7. The molecule has 0 saturated carbocycles. The van der Waals surface area contributed by atoms with E-state index >= 15 is 0 Å². The Morgan fingerprint density at radius 1 is 1.24 bits per heavy atom. The van der Waals surface area contributed by atoms with Crippen LogP contribution < -0.4 is 21.5 Å². The summed E-state index contributed by atoms with van der Waals surface area (Å²) in [6.07, 6.45) is 1.33. The topological polar surface area (TPSA) is 197 Å². The Morgan fingerprint density at radius 2 is 1.91 bits per heavy atom. The number of carbonyl (C=O) groups is 3. The van der Waals surface area contributed by atoms with Crippen molar-refractivity contribution in [1.82, 2.24) is 14.9 Å². The Morgan fingerprint density at radius 3 is 2.52 bits per heavy atom. The molecule has 0 aliphatic carbocycles. The first-order valence-electron chi connectivity index (χ1n) is 10.5. The number of guanidine groups is 1. The summed E-state index contributed by atoms with van der Waals surface area (Å²) in [5.41, 5.74) is 11.4. The van der Waals surface area contributed by atoms with E-state index in [2.05, 4.69) is 15.0 Å². The van der Waals surface area contributed by atoms with Crippen molar-refractivity contribution in [3.05, 3.63) is 29.8 Å². The largest absolute Gasteiger partial charge is 0.480 e. The highest BCUT2D eigenvalue weighted by Crippen LogP contribution is 2.18. The molecule has 1 aliphatic rings. The molecular weight excluding hydrogens is 452 g/mol. The molecular formula is C20H30N6O6S. The number of sulfonamides is 1. The Bertz CT molecular complexity index is 991. The van der Waals surface area contributed by atoms with Gasteiger partial charge >= 0.3 is 5.97 Å². The summed E-state index contributed by atoms with van der Waals surface area (Å²) in [7, 11) is -3.89. The standard InChI is InChI=1S/C20H30N6O6S/c1-13-6-8-14(9-7-13)33(31,32)24-12-17(27)26-11-3-5-16(26)18(28)25-15(19(29)30)4-2-10-23-20(21)22/h6-9,15-16,24H,2-5,10-12H2,1H3,(H,25,28)(H,29,30)(H4,21,22,23)/t15-,16-/m0/s1. The zero-order valence-corrected chi connectivity index (χ0v) is 19.2. The summed E-state index contributed by atoms with van der Waals surface area (Å²) in [6, 6.07) is 4.13. The molecule has 2 atom stereocenters. The van der Waals surface area contributed by atoms with Gasteiger partial charge in [-0.25, -0.2) is 17.9 Å². The lowest BCUT2D eigenvalue weighted by atomic mass is 10.1. The van der Waals surface area contributed by atoms with Crippen LogP contribution in [0.5, 0.6) is 0 Å². The fourth-order valence-corrected chi connectivity index (χ4v) is 4.40. The average Bonchev–Trinajstić information content (AvgIpc) is 3.24. The number of aliphatic imine (C=N–C) groups is 1. The summed E-state index contributed by atoms with van der Waals surface area (Å²) in [6.45, 7) is 1.80. The number of nitrogens with one attached hydrogen (secondary N) is 2. The zero-order chi connectivity index (χ0) is 24.6. The molecule has 12 nitrogen and oxygen atoms in total. The minimum atomic E-state index is -3.89. The number of carboxylic acid groups (broad SMARTS) is 1. The third-order valence-corrected chi connectivity index (χ3v) is 6.60. The molecule has 1 aromatic rings. The molecule has 182 valence electrons. The fourth-order valence-electron chi connectivity index (χ4n) is 3.43. The summed E-state index contributed by atoms with van der Waals surface area (Å²) in [5.74, 6) is -2.49. The van der Waals surface area contributed by atoms with Crippen molar-refractivity contribution in [2.75, 3.05) is 19.6 Å². The van der Waals surface area contributed by atoms with E-state index in [-0.39, 0.29) is 30.4 Å². The van der Waals surface area contributed by atoms with Gasteiger partial charge in [-0.15, -0.1) is 0 Å². The number of aliphatic carboxylic acids is 1. The van der Waals surface area contributed by atoms with Crippen LogP contribution in [-0.4, -0.2) is 73.9 Å². The van der Waals surface area contributed by atoms with Crippen molar-refractivity contribution in [1.29, 1.82) is 0 Å². The molecule has 2 rings (SSSR count). The highest BCUT2D eigenvalue weighted by molar-refractivity contribution is 7.89. The number of amides is 2. The highest BCUT2D eigenvalue weighted by atomic mass is 32.2. The van der Waals surface area contributed by atoms with Gasteiger partial charge in [-0.3, -0.25) is 14.6 Å². The van der Waals surface area contributed by atoms with Crippen LogP contribution in [0.1, 0.15) is 31.2 Å². The van der Waals surface area contributed by atoms with Gasteiger partial charge in [0.1, 0.15) is 12.1 Å². The fraction of sp³-hybridized carbons (Fsp3) is 0.500. The lowest BCUT2D eigenvalue weighted by Crippen LogP contribution is -2.52. The van der Waals surface area contributed by atoms with Gasteiger partial charge in [0.15, 0.2) is 5.96 Å². The second-order valence-corrected chi connectivity index (χ2v) is 9.50. The monoisotopic (exact) mass is 482 g/mol. The molecule has 1 aliphatic heterocycles. The first-order chi connectivity index (χ1) is 15.5. The van der Waals surface area contributed by atoms with Gasteiger partial charge in [0.2, 0.25) is 21.8 Å². The maximum atomic E-state index is 12.7. The molecule has 1 saturated heterocycles. The number of benzene rings is 1. The Hall–Kier alpha value is -3.19. The van der Waals surface area contributed by atoms with Crippen molar-refractivity contribution in [2.45, 2.75) is 49.6 Å². The second kappa shape index (κ2) is 11.6. The lowest BCUT2D eigenvalue weighted by molar-refractivity contribution is -0.143. The molecule has 1 fully saturated rings. The predicted octanol–water partition coefficient (Wildman–Crippen LogP) is -1.11. The summed E-state index contributed by atoms with van der Waals surface area (Å²) >= 11 is 0. The van der Waals surface area contributed by atoms with Crippen LogP contribution in [0.3, 0.4) is 0 Å². The van der Waals surface area contributed by atoms with Crippen LogP contribution in [0.25, 0.3) is 0 Å². The van der Waals surface area contributed by atoms with E-state index in [1.807, 2.05) is 6.92 Å². The Balaban J connectivity index is 1.95. The number of likely N-dealkylation sites (tertiary alicyclic amines) is 1. The molecule has 1 heterocycles. The number of carbonyl (C=O) groups excluding carboxylic acids is 2. The predicted molar refractivity (Wildman–Crippen MR) is 121 cm³/mol. The minimum absolute atomic E-state index is 0.0293. The van der Waals surface area contributed by atoms with Gasteiger partial charge in [0, 0.05) is 13.1 Å². The van der Waals surface area contributed by atoms with Gasteiger partial charge < -0.3 is 26.8 Å². The van der Waals surface area contributed by atoms with Gasteiger partial charge in [-0.2, -0.15) is 0 Å². The van der Waals surface area contributed by atoms with E-state index < -0.39 is 46.4 Å². The number of carboxylic acids is 1. The van der Waals surface area contributed by atoms with E-state index in [9.17, 15) is 27.9 Å². The first-order valence-corrected chi connectivity index (χ1v) is 11.9. The summed E-state index contributed by atoms with van der Waals surface area (Å²) in [5, 5.41) is 11.8. The van der Waals surface area contributed by atoms with Crippen LogP contribution in [0.4, 0.5) is 0 Å². The van der Waals surface area contributed by atoms with Crippen LogP contribution >= 0.6 is 0 Å². The molecule has 0 radical (unpaired) electrons. The number of aryl methyl sites for hydroxylation is 1. The maximum Gasteiger partial charge on any atom is 0.326 e. The van der Waals surface area contributed by atoms with E-state index in [4.69, 9.17) is 11.5 Å². The third-order valence-electron chi connectivity index (χ3n) is 5.18. The number of nitrogens with zero attached hydrogens (tertiary/aromatic N) is 2. The Kier molecular flexibility index (Phi) is 9.17. The SMILES string of the molecule is Cc1ccc(S(=O)(=O)NCC(=O)N2CCC[C@H]2C(=O)N[C@@H](CCCN=C(N)N)C(=O)O)cc1.